The van der Waals surface area contributed by atoms with Crippen molar-refractivity contribution in [1.82, 2.24) is 5.43 Å². The fraction of sp³-hybridized carbons (Fsp3) is 0. The third kappa shape index (κ3) is 4.25. The Labute approximate surface area is 164 Å². The molecular formula is C19H14BrN3O2S. The van der Waals surface area contributed by atoms with Crippen molar-refractivity contribution in [3.63, 3.8) is 0 Å². The van der Waals surface area contributed by atoms with Gasteiger partial charge in [0, 0.05) is 0 Å². The van der Waals surface area contributed by atoms with Crippen LogP contribution < -0.4 is 15.9 Å². The number of thiocarbonyl (C=S) groups is 1. The Balaban J connectivity index is 1.81. The Morgan fingerprint density at radius 2 is 1.92 bits per heavy atom. The minimum Gasteiger partial charge on any atom is -0.422 e. The van der Waals surface area contributed by atoms with E-state index in [0.29, 0.717) is 15.8 Å². The normalized spacial score (nSPS) is 10.8. The van der Waals surface area contributed by atoms with Crippen molar-refractivity contribution in [1.29, 1.82) is 0 Å². The molecule has 3 aromatic rings. The van der Waals surface area contributed by atoms with Gasteiger partial charge in [-0.25, -0.2) is 4.79 Å². The predicted molar refractivity (Wildman–Crippen MR) is 111 cm³/mol. The number of carbonyl (C=O) groups excluding carboxylic acids is 1. The molecule has 0 atom stereocenters. The Morgan fingerprint density at radius 1 is 1.15 bits per heavy atom. The van der Waals surface area contributed by atoms with Gasteiger partial charge in [-0.1, -0.05) is 36.4 Å². The van der Waals surface area contributed by atoms with Crippen molar-refractivity contribution in [3.05, 3.63) is 76.3 Å². The summed E-state index contributed by atoms with van der Waals surface area (Å²) in [6.07, 6.45) is 1.56. The largest absolute Gasteiger partial charge is 0.422 e. The van der Waals surface area contributed by atoms with Gasteiger partial charge < -0.3 is 10.5 Å². The first-order valence-electron chi connectivity index (χ1n) is 7.62. The van der Waals surface area contributed by atoms with Gasteiger partial charge in [0.2, 0.25) is 0 Å². The summed E-state index contributed by atoms with van der Waals surface area (Å²) < 4.78 is 6.18. The standard InChI is InChI=1S/C19H14BrN3O2S/c20-16-10-12(11-22-23-19(21)26)8-9-17(16)25-18(24)15-7-3-5-13-4-1-2-6-14(13)15/h1-11H,(H3,21,23,26). The van der Waals surface area contributed by atoms with Crippen molar-refractivity contribution < 1.29 is 9.53 Å². The summed E-state index contributed by atoms with van der Waals surface area (Å²) in [5.74, 6) is 0.00135. The van der Waals surface area contributed by atoms with Gasteiger partial charge in [-0.05, 0) is 68.7 Å². The van der Waals surface area contributed by atoms with E-state index in [4.69, 9.17) is 10.5 Å². The van der Waals surface area contributed by atoms with E-state index < -0.39 is 5.97 Å². The molecule has 0 aliphatic rings. The van der Waals surface area contributed by atoms with Crippen LogP contribution in [-0.2, 0) is 0 Å². The van der Waals surface area contributed by atoms with Gasteiger partial charge in [0.05, 0.1) is 16.3 Å². The summed E-state index contributed by atoms with van der Waals surface area (Å²) in [6.45, 7) is 0. The van der Waals surface area contributed by atoms with Crippen molar-refractivity contribution in [3.8, 4) is 5.75 Å². The number of nitrogens with zero attached hydrogens (tertiary/aromatic N) is 1. The molecule has 0 aliphatic carbocycles. The Bertz CT molecular complexity index is 1020. The molecular weight excluding hydrogens is 414 g/mol. The molecule has 26 heavy (non-hydrogen) atoms. The predicted octanol–water partition coefficient (Wildman–Crippen LogP) is 3.99. The molecule has 3 rings (SSSR count). The molecule has 3 N–H and O–H groups in total. The average molecular weight is 428 g/mol. The highest BCUT2D eigenvalue weighted by Crippen LogP contribution is 2.27. The number of rotatable bonds is 4. The Morgan fingerprint density at radius 3 is 2.69 bits per heavy atom. The molecule has 0 radical (unpaired) electrons. The zero-order chi connectivity index (χ0) is 18.5. The fourth-order valence-electron chi connectivity index (χ4n) is 2.41. The van der Waals surface area contributed by atoms with E-state index in [1.165, 1.54) is 0 Å². The number of hydrogen-bond donors (Lipinski definition) is 2. The molecule has 0 amide bonds. The highest BCUT2D eigenvalue weighted by atomic mass is 79.9. The molecule has 5 nitrogen and oxygen atoms in total. The number of hydrogen-bond acceptors (Lipinski definition) is 4. The van der Waals surface area contributed by atoms with E-state index in [1.807, 2.05) is 36.4 Å². The van der Waals surface area contributed by atoms with Gasteiger partial charge in [0.1, 0.15) is 5.75 Å². The summed E-state index contributed by atoms with van der Waals surface area (Å²) >= 11 is 8.08. The lowest BCUT2D eigenvalue weighted by atomic mass is 10.0. The van der Waals surface area contributed by atoms with Crippen LogP contribution in [-0.4, -0.2) is 17.3 Å². The van der Waals surface area contributed by atoms with Crippen LogP contribution in [0.15, 0.2) is 70.2 Å². The van der Waals surface area contributed by atoms with Crippen LogP contribution in [0.4, 0.5) is 0 Å². The van der Waals surface area contributed by atoms with Crippen molar-refractivity contribution in [2.75, 3.05) is 0 Å². The number of nitrogens with one attached hydrogen (secondary N) is 1. The van der Waals surface area contributed by atoms with Crippen LogP contribution in [0.3, 0.4) is 0 Å². The fourth-order valence-corrected chi connectivity index (χ4v) is 2.94. The second kappa shape index (κ2) is 8.07. The van der Waals surface area contributed by atoms with Gasteiger partial charge in [0.15, 0.2) is 5.11 Å². The maximum Gasteiger partial charge on any atom is 0.344 e. The first-order valence-corrected chi connectivity index (χ1v) is 8.83. The number of esters is 1. The van der Waals surface area contributed by atoms with Crippen LogP contribution >= 0.6 is 28.1 Å². The molecule has 130 valence electrons. The van der Waals surface area contributed by atoms with E-state index in [-0.39, 0.29) is 5.11 Å². The maximum atomic E-state index is 12.6. The van der Waals surface area contributed by atoms with E-state index in [1.54, 1.807) is 30.5 Å². The second-order valence-corrected chi connectivity index (χ2v) is 6.63. The maximum absolute atomic E-state index is 12.6. The van der Waals surface area contributed by atoms with Gasteiger partial charge in [-0.2, -0.15) is 5.10 Å². The Hall–Kier alpha value is -2.77. The summed E-state index contributed by atoms with van der Waals surface area (Å²) in [6, 6.07) is 18.4. The number of hydrazone groups is 1. The van der Waals surface area contributed by atoms with Crippen LogP contribution in [0.25, 0.3) is 10.8 Å². The summed E-state index contributed by atoms with van der Waals surface area (Å²) in [7, 11) is 0. The summed E-state index contributed by atoms with van der Waals surface area (Å²) in [5.41, 5.74) is 9.07. The van der Waals surface area contributed by atoms with Gasteiger partial charge in [-0.15, -0.1) is 0 Å². The molecule has 0 fully saturated rings. The molecule has 0 aromatic heterocycles. The molecule has 0 saturated carbocycles. The van der Waals surface area contributed by atoms with Crippen molar-refractivity contribution >= 4 is 56.2 Å². The topological polar surface area (TPSA) is 76.7 Å². The van der Waals surface area contributed by atoms with Gasteiger partial charge >= 0.3 is 5.97 Å². The van der Waals surface area contributed by atoms with E-state index in [0.717, 1.165) is 16.3 Å². The lowest BCUT2D eigenvalue weighted by Crippen LogP contribution is -2.23. The number of carbonyl (C=O) groups is 1. The molecule has 0 saturated heterocycles. The van der Waals surface area contributed by atoms with E-state index >= 15 is 0 Å². The Kier molecular flexibility index (Phi) is 5.60. The van der Waals surface area contributed by atoms with Gasteiger partial charge in [0.25, 0.3) is 0 Å². The first-order chi connectivity index (χ1) is 12.5. The lowest BCUT2D eigenvalue weighted by Gasteiger charge is -2.09. The SMILES string of the molecule is NC(=S)NN=Cc1ccc(OC(=O)c2cccc3ccccc23)c(Br)c1. The van der Waals surface area contributed by atoms with Crippen molar-refractivity contribution in [2.45, 2.75) is 0 Å². The monoisotopic (exact) mass is 427 g/mol. The molecule has 0 aliphatic heterocycles. The molecule has 0 bridgehead atoms. The van der Waals surface area contributed by atoms with Gasteiger partial charge in [-0.3, -0.25) is 5.43 Å². The highest BCUT2D eigenvalue weighted by molar-refractivity contribution is 9.10. The lowest BCUT2D eigenvalue weighted by molar-refractivity contribution is 0.0735. The molecule has 0 spiro atoms. The van der Waals surface area contributed by atoms with Crippen molar-refractivity contribution in [2.24, 2.45) is 10.8 Å². The third-order valence-corrected chi connectivity index (χ3v) is 4.27. The quantitative estimate of drug-likeness (QED) is 0.216. The number of ether oxygens (including phenoxy) is 1. The van der Waals surface area contributed by atoms with E-state index in [9.17, 15) is 4.79 Å². The molecule has 0 heterocycles. The third-order valence-electron chi connectivity index (χ3n) is 3.56. The van der Waals surface area contributed by atoms with Crippen LogP contribution in [0, 0.1) is 0 Å². The number of halogens is 1. The molecule has 3 aromatic carbocycles. The zero-order valence-corrected chi connectivity index (χ0v) is 15.9. The number of fused-ring (bicyclic) bond motifs is 1. The first kappa shape index (κ1) is 18.0. The summed E-state index contributed by atoms with van der Waals surface area (Å²) in [4.78, 5) is 12.6. The zero-order valence-electron chi connectivity index (χ0n) is 13.5. The van der Waals surface area contributed by atoms with Crippen LogP contribution in [0.1, 0.15) is 15.9 Å². The van der Waals surface area contributed by atoms with E-state index in [2.05, 4.69) is 38.7 Å². The highest BCUT2D eigenvalue weighted by Gasteiger charge is 2.14. The minimum absolute atomic E-state index is 0.0842. The number of nitrogens with two attached hydrogens (primary N) is 1. The average Bonchev–Trinajstić information content (AvgIpc) is 2.63. The number of benzene rings is 3. The minimum atomic E-state index is -0.418. The van der Waals surface area contributed by atoms with Crippen LogP contribution in [0.2, 0.25) is 0 Å². The molecule has 7 heteroatoms. The molecule has 0 unspecified atom stereocenters. The smallest absolute Gasteiger partial charge is 0.344 e. The summed E-state index contributed by atoms with van der Waals surface area (Å²) in [5, 5.41) is 5.80. The second-order valence-electron chi connectivity index (χ2n) is 5.34. The van der Waals surface area contributed by atoms with Crippen LogP contribution in [0.5, 0.6) is 5.75 Å².